The average Bonchev–Trinajstić information content (AvgIpc) is 2.87. The summed E-state index contributed by atoms with van der Waals surface area (Å²) in [6.07, 6.45) is 5.54. The number of amides is 1. The zero-order valence-corrected chi connectivity index (χ0v) is 18.6. The zero-order valence-electron chi connectivity index (χ0n) is 18.6. The summed E-state index contributed by atoms with van der Waals surface area (Å²) in [5, 5.41) is 5.91. The molecule has 2 N–H and O–H groups in total. The van der Waals surface area contributed by atoms with Gasteiger partial charge in [-0.3, -0.25) is 4.79 Å². The first kappa shape index (κ1) is 23.7. The standard InChI is InChI=1S/C25H28N4O4/c1-32-24(31)22(29-23(30)20-8-3-2-4-9-20)18-19-10-12-21(13-11-19)33-17-6-5-14-26-25-27-15-7-16-28-25/h2-4,7-13,15-16,22H,5-6,14,17-18H2,1H3,(H,29,30)(H,26,27,28)/t22-/m0/s1. The molecule has 1 atom stereocenters. The molecular weight excluding hydrogens is 420 g/mol. The number of rotatable bonds is 12. The van der Waals surface area contributed by atoms with Gasteiger partial charge in [0.25, 0.3) is 5.91 Å². The lowest BCUT2D eigenvalue weighted by Crippen LogP contribution is -2.43. The predicted octanol–water partition coefficient (Wildman–Crippen LogP) is 3.26. The minimum atomic E-state index is -0.782. The minimum absolute atomic E-state index is 0.318. The molecule has 0 aliphatic heterocycles. The summed E-state index contributed by atoms with van der Waals surface area (Å²) in [6, 6.07) is 17.2. The third kappa shape index (κ3) is 7.92. The van der Waals surface area contributed by atoms with Crippen molar-refractivity contribution in [1.29, 1.82) is 0 Å². The van der Waals surface area contributed by atoms with Crippen LogP contribution in [0.25, 0.3) is 0 Å². The van der Waals surface area contributed by atoms with Gasteiger partial charge >= 0.3 is 5.97 Å². The number of hydrogen-bond donors (Lipinski definition) is 2. The van der Waals surface area contributed by atoms with E-state index in [0.29, 0.717) is 24.5 Å². The normalized spacial score (nSPS) is 11.3. The van der Waals surface area contributed by atoms with Crippen LogP contribution in [0.4, 0.5) is 5.95 Å². The third-order valence-corrected chi connectivity index (χ3v) is 4.88. The van der Waals surface area contributed by atoms with Gasteiger partial charge in [-0.25, -0.2) is 14.8 Å². The predicted molar refractivity (Wildman–Crippen MR) is 125 cm³/mol. The summed E-state index contributed by atoms with van der Waals surface area (Å²) in [7, 11) is 1.31. The van der Waals surface area contributed by atoms with Crippen LogP contribution in [-0.4, -0.2) is 48.1 Å². The first-order valence-electron chi connectivity index (χ1n) is 10.8. The molecule has 0 saturated carbocycles. The summed E-state index contributed by atoms with van der Waals surface area (Å²) in [4.78, 5) is 32.9. The lowest BCUT2D eigenvalue weighted by atomic mass is 10.1. The fraction of sp³-hybridized carbons (Fsp3) is 0.280. The highest BCUT2D eigenvalue weighted by atomic mass is 16.5. The molecule has 0 aliphatic carbocycles. The van der Waals surface area contributed by atoms with Crippen LogP contribution < -0.4 is 15.4 Å². The number of carbonyl (C=O) groups is 2. The quantitative estimate of drug-likeness (QED) is 0.324. The van der Waals surface area contributed by atoms with Gasteiger partial charge in [-0.2, -0.15) is 0 Å². The number of nitrogens with one attached hydrogen (secondary N) is 2. The molecule has 0 bridgehead atoms. The molecule has 8 heteroatoms. The number of ether oxygens (including phenoxy) is 2. The molecule has 0 aliphatic rings. The molecule has 0 saturated heterocycles. The van der Waals surface area contributed by atoms with E-state index in [4.69, 9.17) is 9.47 Å². The molecule has 8 nitrogen and oxygen atoms in total. The Morgan fingerprint density at radius 3 is 2.36 bits per heavy atom. The van der Waals surface area contributed by atoms with E-state index in [1.165, 1.54) is 7.11 Å². The maximum Gasteiger partial charge on any atom is 0.328 e. The summed E-state index contributed by atoms with van der Waals surface area (Å²) in [5.74, 6) is 0.564. The topological polar surface area (TPSA) is 102 Å². The lowest BCUT2D eigenvalue weighted by molar-refractivity contribution is -0.142. The minimum Gasteiger partial charge on any atom is -0.494 e. The van der Waals surface area contributed by atoms with Gasteiger partial charge in [-0.05, 0) is 48.7 Å². The Labute approximate surface area is 193 Å². The smallest absolute Gasteiger partial charge is 0.328 e. The second-order valence-electron chi connectivity index (χ2n) is 7.32. The number of hydrogen-bond acceptors (Lipinski definition) is 7. The van der Waals surface area contributed by atoms with E-state index >= 15 is 0 Å². The Morgan fingerprint density at radius 2 is 1.67 bits per heavy atom. The SMILES string of the molecule is COC(=O)[C@H](Cc1ccc(OCCCCNc2ncccn2)cc1)NC(=O)c1ccccc1. The van der Waals surface area contributed by atoms with E-state index in [1.54, 1.807) is 42.7 Å². The fourth-order valence-electron chi connectivity index (χ4n) is 3.13. The van der Waals surface area contributed by atoms with E-state index in [1.807, 2.05) is 30.3 Å². The fourth-order valence-corrected chi connectivity index (χ4v) is 3.13. The highest BCUT2D eigenvalue weighted by molar-refractivity contribution is 5.96. The molecule has 1 amide bonds. The van der Waals surface area contributed by atoms with Gasteiger partial charge in [0.05, 0.1) is 13.7 Å². The Bertz CT molecular complexity index is 998. The number of esters is 1. The van der Waals surface area contributed by atoms with Crippen molar-refractivity contribution in [3.05, 3.63) is 84.2 Å². The van der Waals surface area contributed by atoms with E-state index in [2.05, 4.69) is 20.6 Å². The number of benzene rings is 2. The zero-order chi connectivity index (χ0) is 23.3. The van der Waals surface area contributed by atoms with Gasteiger partial charge in [0.1, 0.15) is 11.8 Å². The Morgan fingerprint density at radius 1 is 0.939 bits per heavy atom. The molecule has 0 spiro atoms. The van der Waals surface area contributed by atoms with Crippen LogP contribution in [-0.2, 0) is 16.0 Å². The average molecular weight is 449 g/mol. The van der Waals surface area contributed by atoms with Crippen molar-refractivity contribution in [2.75, 3.05) is 25.6 Å². The molecule has 2 aromatic carbocycles. The number of nitrogens with zero attached hydrogens (tertiary/aromatic N) is 2. The maximum absolute atomic E-state index is 12.4. The first-order valence-corrected chi connectivity index (χ1v) is 10.8. The number of unbranched alkanes of at least 4 members (excludes halogenated alkanes) is 1. The van der Waals surface area contributed by atoms with E-state index in [0.717, 1.165) is 30.7 Å². The Kier molecular flexibility index (Phi) is 9.20. The van der Waals surface area contributed by atoms with Crippen molar-refractivity contribution >= 4 is 17.8 Å². The molecule has 0 fully saturated rings. The molecule has 0 radical (unpaired) electrons. The van der Waals surface area contributed by atoms with E-state index in [-0.39, 0.29) is 5.91 Å². The Hall–Kier alpha value is -3.94. The van der Waals surface area contributed by atoms with Crippen molar-refractivity contribution in [3.8, 4) is 5.75 Å². The van der Waals surface area contributed by atoms with Crippen molar-refractivity contribution in [2.45, 2.75) is 25.3 Å². The second kappa shape index (κ2) is 12.8. The molecule has 172 valence electrons. The maximum atomic E-state index is 12.4. The summed E-state index contributed by atoms with van der Waals surface area (Å²) >= 11 is 0. The van der Waals surface area contributed by atoms with Crippen LogP contribution in [0.2, 0.25) is 0 Å². The van der Waals surface area contributed by atoms with E-state index < -0.39 is 12.0 Å². The van der Waals surface area contributed by atoms with Gasteiger partial charge in [-0.1, -0.05) is 30.3 Å². The molecule has 1 heterocycles. The lowest BCUT2D eigenvalue weighted by Gasteiger charge is -2.17. The number of anilines is 1. The van der Waals surface area contributed by atoms with Crippen molar-refractivity contribution in [3.63, 3.8) is 0 Å². The molecule has 33 heavy (non-hydrogen) atoms. The van der Waals surface area contributed by atoms with Gasteiger partial charge in [0.15, 0.2) is 0 Å². The van der Waals surface area contributed by atoms with Gasteiger partial charge in [0.2, 0.25) is 5.95 Å². The van der Waals surface area contributed by atoms with Crippen LogP contribution in [0, 0.1) is 0 Å². The van der Waals surface area contributed by atoms with Crippen LogP contribution in [0.5, 0.6) is 5.75 Å². The number of methoxy groups -OCH3 is 1. The first-order chi connectivity index (χ1) is 16.2. The summed E-state index contributed by atoms with van der Waals surface area (Å²) < 4.78 is 10.7. The van der Waals surface area contributed by atoms with Gasteiger partial charge in [-0.15, -0.1) is 0 Å². The monoisotopic (exact) mass is 448 g/mol. The Balaban J connectivity index is 1.43. The van der Waals surface area contributed by atoms with Crippen LogP contribution in [0.15, 0.2) is 73.1 Å². The van der Waals surface area contributed by atoms with Crippen molar-refractivity contribution in [2.24, 2.45) is 0 Å². The van der Waals surface area contributed by atoms with Gasteiger partial charge in [0, 0.05) is 30.9 Å². The van der Waals surface area contributed by atoms with Crippen molar-refractivity contribution in [1.82, 2.24) is 15.3 Å². The second-order valence-corrected chi connectivity index (χ2v) is 7.32. The molecule has 3 rings (SSSR count). The molecule has 3 aromatic rings. The van der Waals surface area contributed by atoms with E-state index in [9.17, 15) is 9.59 Å². The summed E-state index contributed by atoms with van der Waals surface area (Å²) in [6.45, 7) is 1.37. The highest BCUT2D eigenvalue weighted by Crippen LogP contribution is 2.15. The molecule has 0 unspecified atom stereocenters. The van der Waals surface area contributed by atoms with Crippen LogP contribution in [0.3, 0.4) is 0 Å². The largest absolute Gasteiger partial charge is 0.494 e. The number of carbonyl (C=O) groups excluding carboxylic acids is 2. The van der Waals surface area contributed by atoms with Crippen molar-refractivity contribution < 1.29 is 19.1 Å². The molecular formula is C25H28N4O4. The van der Waals surface area contributed by atoms with Crippen LogP contribution in [0.1, 0.15) is 28.8 Å². The molecule has 1 aromatic heterocycles. The summed E-state index contributed by atoms with van der Waals surface area (Å²) in [5.41, 5.74) is 1.37. The van der Waals surface area contributed by atoms with Crippen LogP contribution >= 0.6 is 0 Å². The van der Waals surface area contributed by atoms with Gasteiger partial charge < -0.3 is 20.1 Å². The number of aromatic nitrogens is 2. The highest BCUT2D eigenvalue weighted by Gasteiger charge is 2.22. The third-order valence-electron chi connectivity index (χ3n) is 4.88.